The van der Waals surface area contributed by atoms with Crippen LogP contribution in [-0.4, -0.2) is 11.6 Å². The largest absolute Gasteiger partial charge is 0.487 e. The zero-order valence-electron chi connectivity index (χ0n) is 14.9. The van der Waals surface area contributed by atoms with Gasteiger partial charge in [-0.1, -0.05) is 36.4 Å². The van der Waals surface area contributed by atoms with Crippen LogP contribution >= 0.6 is 31.9 Å². The van der Waals surface area contributed by atoms with E-state index in [-0.39, 0.29) is 29.6 Å². The first kappa shape index (κ1) is 19.7. The molecule has 0 fully saturated rings. The van der Waals surface area contributed by atoms with Gasteiger partial charge in [0.15, 0.2) is 11.6 Å². The Morgan fingerprint density at radius 2 is 1.48 bits per heavy atom. The highest BCUT2D eigenvalue weighted by atomic mass is 79.9. The third-order valence-electron chi connectivity index (χ3n) is 4.51. The van der Waals surface area contributed by atoms with Gasteiger partial charge in [-0.25, -0.2) is 4.39 Å². The van der Waals surface area contributed by atoms with Crippen molar-refractivity contribution in [1.82, 2.24) is 0 Å². The SMILES string of the molecule is O=C1C(=Cc2cc(Br)c(OCc3cccc(F)c3)c(Br)c2)C(=O)c2ccccc21. The molecule has 0 radical (unpaired) electrons. The lowest BCUT2D eigenvalue weighted by molar-refractivity contribution is 0.0990. The summed E-state index contributed by atoms with van der Waals surface area (Å²) in [6.07, 6.45) is 1.58. The number of hydrogen-bond acceptors (Lipinski definition) is 3. The fourth-order valence-corrected chi connectivity index (χ4v) is 4.60. The van der Waals surface area contributed by atoms with Gasteiger partial charge in [0.25, 0.3) is 0 Å². The molecular weight excluding hydrogens is 503 g/mol. The van der Waals surface area contributed by atoms with Gasteiger partial charge < -0.3 is 4.74 Å². The summed E-state index contributed by atoms with van der Waals surface area (Å²) < 4.78 is 20.4. The molecule has 0 amide bonds. The van der Waals surface area contributed by atoms with Gasteiger partial charge in [-0.2, -0.15) is 0 Å². The van der Waals surface area contributed by atoms with Crippen molar-refractivity contribution < 1.29 is 18.7 Å². The lowest BCUT2D eigenvalue weighted by Gasteiger charge is -2.12. The van der Waals surface area contributed by atoms with Crippen LogP contribution in [0.25, 0.3) is 6.08 Å². The van der Waals surface area contributed by atoms with Gasteiger partial charge in [-0.15, -0.1) is 0 Å². The molecule has 0 bridgehead atoms. The minimum Gasteiger partial charge on any atom is -0.487 e. The average Bonchev–Trinajstić information content (AvgIpc) is 2.93. The second-order valence-electron chi connectivity index (χ2n) is 6.49. The molecule has 3 aromatic carbocycles. The van der Waals surface area contributed by atoms with E-state index in [4.69, 9.17) is 4.74 Å². The molecule has 3 aromatic rings. The average molecular weight is 516 g/mol. The van der Waals surface area contributed by atoms with E-state index in [1.54, 1.807) is 54.6 Å². The number of ether oxygens (including phenoxy) is 1. The molecule has 0 saturated heterocycles. The maximum absolute atomic E-state index is 13.3. The molecule has 3 nitrogen and oxygen atoms in total. The van der Waals surface area contributed by atoms with Crippen molar-refractivity contribution in [2.75, 3.05) is 0 Å². The first-order valence-electron chi connectivity index (χ1n) is 8.70. The maximum atomic E-state index is 13.3. The topological polar surface area (TPSA) is 43.4 Å². The summed E-state index contributed by atoms with van der Waals surface area (Å²) in [6.45, 7) is 0.196. The fourth-order valence-electron chi connectivity index (χ4n) is 3.15. The molecular formula is C23H13Br2FO3. The van der Waals surface area contributed by atoms with Gasteiger partial charge in [-0.05, 0) is 73.3 Å². The van der Waals surface area contributed by atoms with Crippen molar-refractivity contribution in [3.05, 3.63) is 103 Å². The highest BCUT2D eigenvalue weighted by Gasteiger charge is 2.32. The van der Waals surface area contributed by atoms with Crippen molar-refractivity contribution in [3.8, 4) is 5.75 Å². The highest BCUT2D eigenvalue weighted by molar-refractivity contribution is 9.11. The predicted molar refractivity (Wildman–Crippen MR) is 116 cm³/mol. The van der Waals surface area contributed by atoms with Crippen LogP contribution in [0.3, 0.4) is 0 Å². The van der Waals surface area contributed by atoms with Crippen molar-refractivity contribution >= 4 is 49.5 Å². The molecule has 1 aliphatic rings. The summed E-state index contributed by atoms with van der Waals surface area (Å²) in [5.41, 5.74) is 2.37. The second kappa shape index (κ2) is 8.05. The van der Waals surface area contributed by atoms with Gasteiger partial charge in [0.2, 0.25) is 0 Å². The van der Waals surface area contributed by atoms with E-state index in [1.165, 1.54) is 12.1 Å². The van der Waals surface area contributed by atoms with Crippen LogP contribution in [0.1, 0.15) is 31.8 Å². The zero-order chi connectivity index (χ0) is 20.5. The highest BCUT2D eigenvalue weighted by Crippen LogP contribution is 2.37. The molecule has 0 heterocycles. The van der Waals surface area contributed by atoms with Crippen LogP contribution in [0.2, 0.25) is 0 Å². The summed E-state index contributed by atoms with van der Waals surface area (Å²) in [5, 5.41) is 0. The Balaban J connectivity index is 1.60. The number of allylic oxidation sites excluding steroid dienone is 1. The van der Waals surface area contributed by atoms with E-state index in [9.17, 15) is 14.0 Å². The van der Waals surface area contributed by atoms with E-state index in [0.29, 0.717) is 36.9 Å². The van der Waals surface area contributed by atoms with Gasteiger partial charge in [0.05, 0.1) is 14.5 Å². The number of Topliss-reactive ketones (excluding diaryl/α,β-unsaturated/α-hetero) is 2. The number of halogens is 3. The van der Waals surface area contributed by atoms with Crippen molar-refractivity contribution in [3.63, 3.8) is 0 Å². The van der Waals surface area contributed by atoms with E-state index >= 15 is 0 Å². The van der Waals surface area contributed by atoms with Crippen LogP contribution < -0.4 is 4.74 Å². The molecule has 0 unspecified atom stereocenters. The molecule has 0 atom stereocenters. The van der Waals surface area contributed by atoms with Crippen LogP contribution in [-0.2, 0) is 6.61 Å². The Morgan fingerprint density at radius 3 is 2.07 bits per heavy atom. The number of carbonyl (C=O) groups excluding carboxylic acids is 2. The molecule has 0 aliphatic heterocycles. The van der Waals surface area contributed by atoms with Gasteiger partial charge >= 0.3 is 0 Å². The maximum Gasteiger partial charge on any atom is 0.197 e. The van der Waals surface area contributed by atoms with Gasteiger partial charge in [-0.3, -0.25) is 9.59 Å². The van der Waals surface area contributed by atoms with Crippen LogP contribution in [0.15, 0.2) is 75.2 Å². The van der Waals surface area contributed by atoms with Crippen molar-refractivity contribution in [2.45, 2.75) is 6.61 Å². The number of ketones is 2. The number of rotatable bonds is 4. The second-order valence-corrected chi connectivity index (χ2v) is 8.20. The Bertz CT molecular complexity index is 1120. The molecule has 4 rings (SSSR count). The lowest BCUT2D eigenvalue weighted by Crippen LogP contribution is -2.01. The fraction of sp³-hybridized carbons (Fsp3) is 0.0435. The minimum absolute atomic E-state index is 0.137. The van der Waals surface area contributed by atoms with Crippen molar-refractivity contribution in [1.29, 1.82) is 0 Å². The molecule has 0 N–H and O–H groups in total. The number of carbonyl (C=O) groups is 2. The summed E-state index contributed by atoms with van der Waals surface area (Å²) in [5.74, 6) is -0.324. The minimum atomic E-state index is -0.321. The first-order valence-corrected chi connectivity index (χ1v) is 10.3. The molecule has 0 aromatic heterocycles. The van der Waals surface area contributed by atoms with Crippen molar-refractivity contribution in [2.24, 2.45) is 0 Å². The number of hydrogen-bond donors (Lipinski definition) is 0. The third-order valence-corrected chi connectivity index (χ3v) is 5.69. The quantitative estimate of drug-likeness (QED) is 0.298. The lowest BCUT2D eigenvalue weighted by atomic mass is 10.1. The summed E-state index contributed by atoms with van der Waals surface area (Å²) in [4.78, 5) is 25.1. The Morgan fingerprint density at radius 1 is 0.862 bits per heavy atom. The molecule has 0 saturated carbocycles. The van der Waals surface area contributed by atoms with E-state index < -0.39 is 0 Å². The van der Waals surface area contributed by atoms with Crippen LogP contribution in [0, 0.1) is 5.82 Å². The molecule has 6 heteroatoms. The molecule has 1 aliphatic carbocycles. The van der Waals surface area contributed by atoms with E-state index in [0.717, 1.165) is 0 Å². The van der Waals surface area contributed by atoms with Gasteiger partial charge in [0.1, 0.15) is 18.2 Å². The monoisotopic (exact) mass is 514 g/mol. The number of benzene rings is 3. The summed E-state index contributed by atoms with van der Waals surface area (Å²) >= 11 is 6.93. The molecule has 0 spiro atoms. The Kier molecular flexibility index (Phi) is 5.48. The predicted octanol–water partition coefficient (Wildman–Crippen LogP) is 6.39. The molecule has 29 heavy (non-hydrogen) atoms. The smallest absolute Gasteiger partial charge is 0.197 e. The summed E-state index contributed by atoms with van der Waals surface area (Å²) in [6, 6.07) is 16.5. The molecule has 144 valence electrons. The standard InChI is InChI=1S/C23H13Br2FO3/c24-19-10-14(9-18-21(27)16-6-1-2-7-17(16)22(18)28)11-20(25)23(19)29-12-13-4-3-5-15(26)8-13/h1-11H,12H2. The van der Waals surface area contributed by atoms with E-state index in [1.807, 2.05) is 0 Å². The summed E-state index contributed by atoms with van der Waals surface area (Å²) in [7, 11) is 0. The Hall–Kier alpha value is -2.57. The van der Waals surface area contributed by atoms with Gasteiger partial charge in [0, 0.05) is 11.1 Å². The van der Waals surface area contributed by atoms with Crippen LogP contribution in [0.4, 0.5) is 4.39 Å². The normalized spacial score (nSPS) is 12.9. The van der Waals surface area contributed by atoms with Crippen LogP contribution in [0.5, 0.6) is 5.75 Å². The number of fused-ring (bicyclic) bond motifs is 1. The Labute approximate surface area is 183 Å². The van der Waals surface area contributed by atoms with E-state index in [2.05, 4.69) is 31.9 Å². The first-order chi connectivity index (χ1) is 13.9. The third kappa shape index (κ3) is 3.95. The zero-order valence-corrected chi connectivity index (χ0v) is 18.1.